The van der Waals surface area contributed by atoms with Crippen LogP contribution in [0.4, 0.5) is 8.78 Å². The number of benzene rings is 6. The number of hydrogen-bond acceptors (Lipinski definition) is 3. The summed E-state index contributed by atoms with van der Waals surface area (Å²) in [6.07, 6.45) is 2.02. The van der Waals surface area contributed by atoms with E-state index in [9.17, 15) is 8.78 Å². The van der Waals surface area contributed by atoms with Gasteiger partial charge in [0.05, 0.1) is 30.5 Å². The van der Waals surface area contributed by atoms with Crippen LogP contribution in [0, 0.1) is 23.8 Å². The summed E-state index contributed by atoms with van der Waals surface area (Å²) in [4.78, 5) is 9.53. The third-order valence-electron chi connectivity index (χ3n) is 9.10. The Hall–Kier alpha value is -5.11. The van der Waals surface area contributed by atoms with Gasteiger partial charge in [-0.05, 0) is 69.0 Å². The summed E-state index contributed by atoms with van der Waals surface area (Å²) < 4.78 is 33.1. The molecule has 6 aromatic carbocycles. The van der Waals surface area contributed by atoms with E-state index >= 15 is 0 Å². The van der Waals surface area contributed by atoms with Crippen LogP contribution in [0.5, 0.6) is 0 Å². The van der Waals surface area contributed by atoms with E-state index < -0.39 is 19.7 Å². The van der Waals surface area contributed by atoms with Crippen LogP contribution >= 0.6 is 11.3 Å². The Bertz CT molecular complexity index is 2670. The van der Waals surface area contributed by atoms with Gasteiger partial charge in [-0.2, -0.15) is 11.3 Å². The van der Waals surface area contributed by atoms with E-state index in [0.717, 1.165) is 59.5 Å². The minimum absolute atomic E-state index is 0. The number of nitrogens with zero attached hydrogens (tertiary/aromatic N) is 3. The van der Waals surface area contributed by atoms with Gasteiger partial charge in [-0.1, -0.05) is 91.3 Å². The molecule has 9 rings (SSSR count). The van der Waals surface area contributed by atoms with Gasteiger partial charge in [-0.3, -0.25) is 4.98 Å². The molecule has 0 saturated heterocycles. The van der Waals surface area contributed by atoms with Gasteiger partial charge in [-0.15, -0.1) is 54.1 Å². The molecule has 0 aliphatic heterocycles. The van der Waals surface area contributed by atoms with E-state index in [-0.39, 0.29) is 25.7 Å². The van der Waals surface area contributed by atoms with Crippen molar-refractivity contribution in [2.24, 2.45) is 0 Å². The monoisotopic (exact) mass is 906 g/mol. The summed E-state index contributed by atoms with van der Waals surface area (Å²) >= 11 is 1.59. The third-order valence-corrected chi connectivity index (χ3v) is 12.3. The number of rotatable bonds is 5. The van der Waals surface area contributed by atoms with Crippen molar-refractivity contribution in [1.82, 2.24) is 14.5 Å². The van der Waals surface area contributed by atoms with Gasteiger partial charge in [0.15, 0.2) is 0 Å². The van der Waals surface area contributed by atoms with E-state index in [2.05, 4.69) is 71.7 Å². The molecule has 1 radical (unpaired) electrons. The second-order valence-corrected chi connectivity index (χ2v) is 19.7. The molecule has 0 atom stereocenters. The number of fused-ring (bicyclic) bond motifs is 4. The first-order valence-corrected chi connectivity index (χ1v) is 21.4. The Morgan fingerprint density at radius 2 is 1.45 bits per heavy atom. The van der Waals surface area contributed by atoms with E-state index in [1.165, 1.54) is 23.4 Å². The average Bonchev–Trinajstić information content (AvgIpc) is 3.74. The van der Waals surface area contributed by atoms with Crippen molar-refractivity contribution >= 4 is 55.8 Å². The van der Waals surface area contributed by atoms with Crippen molar-refractivity contribution in [3.8, 4) is 39.5 Å². The molecule has 8 heteroatoms. The summed E-state index contributed by atoms with van der Waals surface area (Å²) in [5, 5.41) is 3.50. The Balaban J connectivity index is 0.000000216. The molecule has 0 aliphatic carbocycles. The first-order chi connectivity index (χ1) is 25.3. The van der Waals surface area contributed by atoms with Crippen LogP contribution in [-0.2, 0) is 20.1 Å². The van der Waals surface area contributed by atoms with Crippen LogP contribution in [0.25, 0.3) is 70.7 Å². The van der Waals surface area contributed by atoms with Crippen LogP contribution < -0.4 is 5.19 Å². The van der Waals surface area contributed by atoms with Gasteiger partial charge < -0.3 is 9.55 Å². The Morgan fingerprint density at radius 1 is 0.698 bits per heavy atom. The number of imidazole rings is 1. The van der Waals surface area contributed by atoms with Gasteiger partial charge >= 0.3 is 0 Å². The van der Waals surface area contributed by atoms with Crippen molar-refractivity contribution in [1.29, 1.82) is 0 Å². The van der Waals surface area contributed by atoms with Crippen LogP contribution in [-0.4, -0.2) is 22.6 Å². The van der Waals surface area contributed by atoms with E-state index in [1.807, 2.05) is 91.1 Å². The molecule has 0 aliphatic rings. The Morgan fingerprint density at radius 3 is 2.17 bits per heavy atom. The van der Waals surface area contributed by atoms with Crippen LogP contribution in [0.15, 0.2) is 146 Å². The second-order valence-electron chi connectivity index (χ2n) is 13.6. The molecule has 53 heavy (non-hydrogen) atoms. The van der Waals surface area contributed by atoms with Crippen molar-refractivity contribution in [3.05, 3.63) is 169 Å². The first-order valence-electron chi connectivity index (χ1n) is 17.0. The Labute approximate surface area is 326 Å². The summed E-state index contributed by atoms with van der Waals surface area (Å²) in [6.45, 7) is 7.00. The topological polar surface area (TPSA) is 30.7 Å². The summed E-state index contributed by atoms with van der Waals surface area (Å²) in [6, 6.07) is 50.6. The molecule has 0 unspecified atom stereocenters. The molecule has 3 nitrogen and oxygen atoms in total. The Kier molecular flexibility index (Phi) is 10.3. The molecule has 0 bridgehead atoms. The standard InChI is InChI=1S/C31H17F2N2S.C14H16NSi.Ir/c32-24-12-7-13-25(33)29(24)19-16-17-21-22-10-6-11-23(30(22)36-28(21)18-19)31-34-26-14-4-5-15-27(26)35(31)20-8-2-1-3-9-20;1-16(2,3)13-9-10-14(15-11-13)12-7-5-4-6-8-12;/h1-10,12-18H;4-7,9-11H,1-3H3;/q2*-1;. The molecule has 0 spiro atoms. The molecule has 0 saturated carbocycles. The maximum Gasteiger partial charge on any atom is 0.133 e. The number of pyridine rings is 1. The van der Waals surface area contributed by atoms with Crippen molar-refractivity contribution in [2.75, 3.05) is 0 Å². The normalized spacial score (nSPS) is 11.3. The van der Waals surface area contributed by atoms with Gasteiger partial charge in [0.1, 0.15) is 11.6 Å². The van der Waals surface area contributed by atoms with Crippen LogP contribution in [0.1, 0.15) is 0 Å². The fourth-order valence-corrected chi connectivity index (χ4v) is 8.69. The molecule has 9 aromatic rings. The first kappa shape index (κ1) is 36.3. The molecule has 0 amide bonds. The van der Waals surface area contributed by atoms with Crippen molar-refractivity contribution < 1.29 is 28.9 Å². The molecule has 0 N–H and O–H groups in total. The molecule has 3 aromatic heterocycles. The van der Waals surface area contributed by atoms with E-state index in [4.69, 9.17) is 4.98 Å². The predicted octanol–water partition coefficient (Wildman–Crippen LogP) is 11.9. The fourth-order valence-electron chi connectivity index (χ4n) is 6.42. The SMILES string of the molecule is C[Si](C)(C)c1ccc(-c2[c-]cccc2)nc1.Fc1cccc(F)c1-c1ccc2c(c1)sc1c(-c3nc4ccccc4n3-c3ccccc3)[c-]ccc12.[Ir]. The zero-order valence-electron chi connectivity index (χ0n) is 29.2. The fraction of sp³-hybridized carbons (Fsp3) is 0.0667. The van der Waals surface area contributed by atoms with E-state index in [1.54, 1.807) is 17.4 Å². The van der Waals surface area contributed by atoms with Gasteiger partial charge in [0, 0.05) is 36.7 Å². The molecule has 3 heterocycles. The smallest absolute Gasteiger partial charge is 0.133 e. The quantitative estimate of drug-likeness (QED) is 0.127. The van der Waals surface area contributed by atoms with Gasteiger partial charge in [0.2, 0.25) is 0 Å². The molecular weight excluding hydrogens is 873 g/mol. The van der Waals surface area contributed by atoms with Crippen LogP contribution in [0.2, 0.25) is 19.6 Å². The molecular formula is C45H33F2IrN3SSi-2. The van der Waals surface area contributed by atoms with Gasteiger partial charge in [-0.25, -0.2) is 8.78 Å². The number of halogens is 2. The minimum Gasteiger partial charge on any atom is -0.333 e. The number of thiophene rings is 1. The maximum absolute atomic E-state index is 14.5. The zero-order chi connectivity index (χ0) is 35.8. The third kappa shape index (κ3) is 7.16. The summed E-state index contributed by atoms with van der Waals surface area (Å²) in [5.74, 6) is -0.331. The number of aromatic nitrogens is 3. The molecule has 0 fully saturated rings. The second kappa shape index (κ2) is 15.1. The summed E-state index contributed by atoms with van der Waals surface area (Å²) in [5.41, 5.74) is 6.41. The number of para-hydroxylation sites is 3. The average molecular weight is 906 g/mol. The maximum atomic E-state index is 14.5. The largest absolute Gasteiger partial charge is 0.333 e. The van der Waals surface area contributed by atoms with E-state index in [0.29, 0.717) is 5.56 Å². The predicted molar refractivity (Wildman–Crippen MR) is 215 cm³/mol. The van der Waals surface area contributed by atoms with Crippen molar-refractivity contribution in [2.45, 2.75) is 19.6 Å². The number of hydrogen-bond donors (Lipinski definition) is 0. The zero-order valence-corrected chi connectivity index (χ0v) is 33.4. The van der Waals surface area contributed by atoms with Crippen LogP contribution in [0.3, 0.4) is 0 Å². The van der Waals surface area contributed by atoms with Crippen molar-refractivity contribution in [3.63, 3.8) is 0 Å². The molecule has 263 valence electrons. The summed E-state index contributed by atoms with van der Waals surface area (Å²) in [7, 11) is -1.23. The minimum atomic E-state index is -1.23. The van der Waals surface area contributed by atoms with Gasteiger partial charge in [0.25, 0.3) is 0 Å².